The van der Waals surface area contributed by atoms with E-state index in [2.05, 4.69) is 28.9 Å². The number of nitrogens with zero attached hydrogens (tertiary/aromatic N) is 1. The lowest BCUT2D eigenvalue weighted by Crippen LogP contribution is -2.26. The van der Waals surface area contributed by atoms with Crippen molar-refractivity contribution in [2.24, 2.45) is 5.92 Å². The van der Waals surface area contributed by atoms with Gasteiger partial charge in [-0.25, -0.2) is 0 Å². The van der Waals surface area contributed by atoms with Gasteiger partial charge in [-0.05, 0) is 41.6 Å². The summed E-state index contributed by atoms with van der Waals surface area (Å²) in [5.74, 6) is 0.538. The van der Waals surface area contributed by atoms with Crippen molar-refractivity contribution in [3.05, 3.63) is 40.4 Å². The molecule has 2 aromatic rings. The van der Waals surface area contributed by atoms with Crippen LogP contribution in [0.1, 0.15) is 46.0 Å². The predicted octanol–water partition coefficient (Wildman–Crippen LogP) is 2.44. The molecule has 0 aliphatic carbocycles. The van der Waals surface area contributed by atoms with Crippen LogP contribution in [0.25, 0.3) is 0 Å². The van der Waals surface area contributed by atoms with Crippen LogP contribution < -0.4 is 21.1 Å². The van der Waals surface area contributed by atoms with E-state index in [4.69, 9.17) is 10.5 Å². The van der Waals surface area contributed by atoms with Gasteiger partial charge in [0.2, 0.25) is 0 Å². The van der Waals surface area contributed by atoms with E-state index in [0.29, 0.717) is 19.0 Å². The normalized spacial score (nSPS) is 10.6. The summed E-state index contributed by atoms with van der Waals surface area (Å²) in [7, 11) is 1.60. The monoisotopic (exact) mass is 376 g/mol. The lowest BCUT2D eigenvalue weighted by molar-refractivity contribution is 0.0946. The topological polar surface area (TPSA) is 106 Å². The average molecular weight is 376 g/mol. The number of hydrogen-bond donors (Lipinski definition) is 3. The highest BCUT2D eigenvalue weighted by atomic mass is 32.1. The van der Waals surface area contributed by atoms with E-state index in [9.17, 15) is 9.59 Å². The van der Waals surface area contributed by atoms with Crippen molar-refractivity contribution in [1.82, 2.24) is 15.0 Å². The summed E-state index contributed by atoms with van der Waals surface area (Å²) in [5.41, 5.74) is 7.07. The van der Waals surface area contributed by atoms with Gasteiger partial charge in [-0.15, -0.1) is 0 Å². The molecule has 8 heteroatoms. The van der Waals surface area contributed by atoms with Crippen molar-refractivity contribution in [2.75, 3.05) is 19.4 Å². The number of benzene rings is 1. The smallest absolute Gasteiger partial charge is 0.273 e. The SMILES string of the molecule is COc1ccc(CNC(=O)c2nsc(C(=O)NCCC(C)C)c2N)cc1. The van der Waals surface area contributed by atoms with Crippen LogP contribution in [-0.4, -0.2) is 29.8 Å². The van der Waals surface area contributed by atoms with E-state index in [1.165, 1.54) is 0 Å². The summed E-state index contributed by atoms with van der Waals surface area (Å²) in [6.07, 6.45) is 0.875. The van der Waals surface area contributed by atoms with Crippen LogP contribution in [-0.2, 0) is 6.54 Å². The number of methoxy groups -OCH3 is 1. The van der Waals surface area contributed by atoms with Gasteiger partial charge in [0.1, 0.15) is 10.6 Å². The Morgan fingerprint density at radius 3 is 2.50 bits per heavy atom. The van der Waals surface area contributed by atoms with Crippen LogP contribution in [0.15, 0.2) is 24.3 Å². The second-order valence-electron chi connectivity index (χ2n) is 6.24. The highest BCUT2D eigenvalue weighted by molar-refractivity contribution is 7.09. The average Bonchev–Trinajstić information content (AvgIpc) is 3.01. The first-order valence-corrected chi connectivity index (χ1v) is 9.14. The standard InChI is InChI=1S/C18H24N4O3S/c1-11(2)8-9-20-18(24)16-14(19)15(22-26-16)17(23)21-10-12-4-6-13(25-3)7-5-12/h4-7,11H,8-10,19H2,1-3H3,(H,20,24)(H,21,23). The molecule has 2 amide bonds. The van der Waals surface area contributed by atoms with Crippen LogP contribution in [0.3, 0.4) is 0 Å². The van der Waals surface area contributed by atoms with Gasteiger partial charge in [0, 0.05) is 13.1 Å². The van der Waals surface area contributed by atoms with Crippen molar-refractivity contribution in [3.8, 4) is 5.75 Å². The molecule has 0 fully saturated rings. The van der Waals surface area contributed by atoms with Crippen molar-refractivity contribution in [2.45, 2.75) is 26.8 Å². The number of nitrogen functional groups attached to an aromatic ring is 1. The van der Waals surface area contributed by atoms with E-state index >= 15 is 0 Å². The number of carbonyl (C=O) groups is 2. The molecular formula is C18H24N4O3S. The molecule has 7 nitrogen and oxygen atoms in total. The number of hydrogen-bond acceptors (Lipinski definition) is 6. The molecule has 1 heterocycles. The Hall–Kier alpha value is -2.61. The molecule has 0 unspecified atom stereocenters. The zero-order valence-corrected chi connectivity index (χ0v) is 16.0. The zero-order chi connectivity index (χ0) is 19.1. The van der Waals surface area contributed by atoms with E-state index in [0.717, 1.165) is 29.3 Å². The zero-order valence-electron chi connectivity index (χ0n) is 15.2. The minimum absolute atomic E-state index is 0.0810. The second kappa shape index (κ2) is 9.19. The van der Waals surface area contributed by atoms with E-state index in [1.54, 1.807) is 7.11 Å². The molecule has 0 spiro atoms. The summed E-state index contributed by atoms with van der Waals surface area (Å²) < 4.78 is 9.14. The van der Waals surface area contributed by atoms with Crippen LogP contribution >= 0.6 is 11.5 Å². The van der Waals surface area contributed by atoms with Crippen LogP contribution in [0.5, 0.6) is 5.75 Å². The first kappa shape index (κ1) is 19.7. The van der Waals surface area contributed by atoms with Gasteiger partial charge in [0.05, 0.1) is 12.8 Å². The number of carbonyl (C=O) groups excluding carboxylic acids is 2. The van der Waals surface area contributed by atoms with Gasteiger partial charge in [-0.2, -0.15) is 4.37 Å². The van der Waals surface area contributed by atoms with Gasteiger partial charge in [0.25, 0.3) is 11.8 Å². The molecule has 2 rings (SSSR count). The molecule has 1 aromatic heterocycles. The molecule has 1 aromatic carbocycles. The molecule has 0 bridgehead atoms. The molecule has 26 heavy (non-hydrogen) atoms. The van der Waals surface area contributed by atoms with E-state index in [1.807, 2.05) is 24.3 Å². The van der Waals surface area contributed by atoms with Gasteiger partial charge in [-0.3, -0.25) is 9.59 Å². The van der Waals surface area contributed by atoms with Gasteiger partial charge < -0.3 is 21.1 Å². The first-order chi connectivity index (χ1) is 12.4. The summed E-state index contributed by atoms with van der Waals surface area (Å²) >= 11 is 0.934. The first-order valence-electron chi connectivity index (χ1n) is 8.36. The number of aromatic nitrogens is 1. The highest BCUT2D eigenvalue weighted by Gasteiger charge is 2.21. The maximum atomic E-state index is 12.3. The van der Waals surface area contributed by atoms with E-state index in [-0.39, 0.29) is 22.2 Å². The molecule has 0 atom stereocenters. The number of nitrogens with one attached hydrogen (secondary N) is 2. The molecule has 0 saturated carbocycles. The van der Waals surface area contributed by atoms with Crippen LogP contribution in [0, 0.1) is 5.92 Å². The number of ether oxygens (including phenoxy) is 1. The molecular weight excluding hydrogens is 352 g/mol. The minimum Gasteiger partial charge on any atom is -0.497 e. The fourth-order valence-electron chi connectivity index (χ4n) is 2.19. The summed E-state index contributed by atoms with van der Waals surface area (Å²) in [6, 6.07) is 7.35. The van der Waals surface area contributed by atoms with E-state index < -0.39 is 5.91 Å². The largest absolute Gasteiger partial charge is 0.497 e. The molecule has 0 radical (unpaired) electrons. The number of nitrogens with two attached hydrogens (primary N) is 1. The van der Waals surface area contributed by atoms with Crippen molar-refractivity contribution >= 4 is 29.0 Å². The third kappa shape index (κ3) is 5.19. The summed E-state index contributed by atoms with van der Waals surface area (Å²) in [4.78, 5) is 24.7. The molecule has 0 aliphatic rings. The van der Waals surface area contributed by atoms with Crippen molar-refractivity contribution in [1.29, 1.82) is 0 Å². The Bertz CT molecular complexity index is 756. The lowest BCUT2D eigenvalue weighted by Gasteiger charge is -2.07. The van der Waals surface area contributed by atoms with Gasteiger partial charge >= 0.3 is 0 Å². The van der Waals surface area contributed by atoms with Gasteiger partial charge in [0.15, 0.2) is 5.69 Å². The number of anilines is 1. The van der Waals surface area contributed by atoms with Crippen molar-refractivity contribution in [3.63, 3.8) is 0 Å². The lowest BCUT2D eigenvalue weighted by atomic mass is 10.1. The Kier molecular flexibility index (Phi) is 6.97. The maximum Gasteiger partial charge on any atom is 0.273 e. The fraction of sp³-hybridized carbons (Fsp3) is 0.389. The molecule has 0 aliphatic heterocycles. The van der Waals surface area contributed by atoms with Crippen molar-refractivity contribution < 1.29 is 14.3 Å². The minimum atomic E-state index is -0.407. The molecule has 0 saturated heterocycles. The number of rotatable bonds is 8. The fourth-order valence-corrected chi connectivity index (χ4v) is 2.90. The quantitative estimate of drug-likeness (QED) is 0.656. The summed E-state index contributed by atoms with van der Waals surface area (Å²) in [6.45, 7) is 5.06. The molecule has 4 N–H and O–H groups in total. The maximum absolute atomic E-state index is 12.3. The Labute approximate surface area is 157 Å². The summed E-state index contributed by atoms with van der Waals surface area (Å²) in [5, 5.41) is 5.56. The molecule has 140 valence electrons. The number of amides is 2. The van der Waals surface area contributed by atoms with Gasteiger partial charge in [-0.1, -0.05) is 26.0 Å². The predicted molar refractivity (Wildman–Crippen MR) is 102 cm³/mol. The third-order valence-corrected chi connectivity index (χ3v) is 4.63. The second-order valence-corrected chi connectivity index (χ2v) is 7.02. The Balaban J connectivity index is 1.94. The van der Waals surface area contributed by atoms with Crippen LogP contribution in [0.2, 0.25) is 0 Å². The Morgan fingerprint density at radius 1 is 1.19 bits per heavy atom. The highest BCUT2D eigenvalue weighted by Crippen LogP contribution is 2.21. The van der Waals surface area contributed by atoms with Crippen LogP contribution in [0.4, 0.5) is 5.69 Å². The third-order valence-electron chi connectivity index (χ3n) is 3.77. The Morgan fingerprint density at radius 2 is 1.88 bits per heavy atom.